The van der Waals surface area contributed by atoms with Crippen LogP contribution in [0.25, 0.3) is 0 Å². The number of thiazole rings is 1. The van der Waals surface area contributed by atoms with E-state index in [9.17, 15) is 9.18 Å². The highest BCUT2D eigenvalue weighted by molar-refractivity contribution is 7.09. The van der Waals surface area contributed by atoms with Gasteiger partial charge in [-0.15, -0.1) is 11.3 Å². The normalized spacial score (nSPS) is 11.0. The van der Waals surface area contributed by atoms with Crippen molar-refractivity contribution in [2.45, 2.75) is 26.2 Å². The zero-order chi connectivity index (χ0) is 23.0. The van der Waals surface area contributed by atoms with E-state index in [2.05, 4.69) is 9.88 Å². The second-order valence-corrected chi connectivity index (χ2v) is 8.56. The Morgan fingerprint density at radius 1 is 0.879 bits per heavy atom. The molecule has 0 amide bonds. The zero-order valence-corrected chi connectivity index (χ0v) is 18.7. The molecule has 0 aliphatic heterocycles. The minimum atomic E-state index is -1.03. The average molecular weight is 463 g/mol. The lowest BCUT2D eigenvalue weighted by Crippen LogP contribution is -2.22. The average Bonchev–Trinajstić information content (AvgIpc) is 3.30. The fourth-order valence-corrected chi connectivity index (χ4v) is 4.19. The summed E-state index contributed by atoms with van der Waals surface area (Å²) in [5.74, 6) is -0.519. The van der Waals surface area contributed by atoms with Crippen molar-refractivity contribution in [3.8, 4) is 5.75 Å². The first kappa shape index (κ1) is 22.6. The van der Waals surface area contributed by atoms with Gasteiger partial charge in [-0.1, -0.05) is 54.6 Å². The Morgan fingerprint density at radius 2 is 1.52 bits per heavy atom. The molecule has 0 fully saturated rings. The highest BCUT2D eigenvalue weighted by Crippen LogP contribution is 2.20. The van der Waals surface area contributed by atoms with Gasteiger partial charge in [0.25, 0.3) is 0 Å². The minimum absolute atomic E-state index is 0.0525. The number of hydrogen-bond acceptors (Lipinski definition) is 5. The molecular formula is C26H23FN2O3S. The summed E-state index contributed by atoms with van der Waals surface area (Å²) in [4.78, 5) is 17.5. The Hall–Kier alpha value is -3.55. The molecule has 0 aliphatic carbocycles. The molecule has 3 aromatic carbocycles. The highest BCUT2D eigenvalue weighted by atomic mass is 32.1. The van der Waals surface area contributed by atoms with Crippen LogP contribution in [-0.2, 0) is 26.2 Å². The van der Waals surface area contributed by atoms with E-state index < -0.39 is 5.97 Å². The van der Waals surface area contributed by atoms with Crippen molar-refractivity contribution in [3.05, 3.63) is 117 Å². The lowest BCUT2D eigenvalue weighted by Gasteiger charge is -2.22. The Labute approximate surface area is 195 Å². The van der Waals surface area contributed by atoms with E-state index in [0.717, 1.165) is 27.4 Å². The van der Waals surface area contributed by atoms with Crippen LogP contribution in [0, 0.1) is 5.82 Å². The second-order valence-electron chi connectivity index (χ2n) is 7.62. The predicted octanol–water partition coefficient (Wildman–Crippen LogP) is 5.76. The molecule has 168 valence electrons. The first-order valence-corrected chi connectivity index (χ1v) is 11.3. The van der Waals surface area contributed by atoms with Crippen LogP contribution in [-0.4, -0.2) is 21.0 Å². The molecule has 7 heteroatoms. The fourth-order valence-electron chi connectivity index (χ4n) is 3.38. The fraction of sp³-hybridized carbons (Fsp3) is 0.154. The van der Waals surface area contributed by atoms with Crippen LogP contribution in [0.5, 0.6) is 5.75 Å². The molecule has 5 nitrogen and oxygen atoms in total. The van der Waals surface area contributed by atoms with Crippen molar-refractivity contribution in [2.75, 3.05) is 0 Å². The first-order chi connectivity index (χ1) is 16.0. The largest absolute Gasteiger partial charge is 0.489 e. The van der Waals surface area contributed by atoms with Gasteiger partial charge in [0.05, 0.1) is 6.54 Å². The molecule has 0 atom stereocenters. The Morgan fingerprint density at radius 3 is 2.12 bits per heavy atom. The molecule has 4 aromatic rings. The molecule has 4 rings (SSSR count). The van der Waals surface area contributed by atoms with Gasteiger partial charge in [-0.05, 0) is 41.0 Å². The van der Waals surface area contributed by atoms with Gasteiger partial charge in [0, 0.05) is 18.5 Å². The highest BCUT2D eigenvalue weighted by Gasteiger charge is 2.14. The standard InChI is InChI=1S/C26H23FN2O3S/c27-22-10-6-19(7-11-22)14-29(16-25-28-24(18-33-25)26(30)31)15-20-8-12-23(13-9-20)32-17-21-4-2-1-3-5-21/h1-13,18H,14-17H2,(H,30,31). The van der Waals surface area contributed by atoms with Crippen molar-refractivity contribution < 1.29 is 19.0 Å². The van der Waals surface area contributed by atoms with Crippen LogP contribution < -0.4 is 4.74 Å². The van der Waals surface area contributed by atoms with Crippen LogP contribution in [0.1, 0.15) is 32.2 Å². The predicted molar refractivity (Wildman–Crippen MR) is 126 cm³/mol. The molecule has 1 aromatic heterocycles. The van der Waals surface area contributed by atoms with E-state index in [0.29, 0.717) is 26.2 Å². The lowest BCUT2D eigenvalue weighted by atomic mass is 10.1. The van der Waals surface area contributed by atoms with E-state index in [-0.39, 0.29) is 11.5 Å². The van der Waals surface area contributed by atoms with Crippen LogP contribution in [0.3, 0.4) is 0 Å². The van der Waals surface area contributed by atoms with Gasteiger partial charge < -0.3 is 9.84 Å². The zero-order valence-electron chi connectivity index (χ0n) is 17.9. The van der Waals surface area contributed by atoms with Gasteiger partial charge in [0.2, 0.25) is 0 Å². The number of benzene rings is 3. The number of carboxylic acid groups (broad SMARTS) is 1. The number of ether oxygens (including phenoxy) is 1. The number of aromatic carboxylic acids is 1. The number of halogens is 1. The maximum atomic E-state index is 13.3. The van der Waals surface area contributed by atoms with E-state index in [1.54, 1.807) is 17.5 Å². The number of hydrogen-bond donors (Lipinski definition) is 1. The summed E-state index contributed by atoms with van der Waals surface area (Å²) in [6, 6.07) is 24.3. The molecule has 0 saturated heterocycles. The van der Waals surface area contributed by atoms with Crippen molar-refractivity contribution >= 4 is 17.3 Å². The van der Waals surface area contributed by atoms with Crippen LogP contribution in [0.2, 0.25) is 0 Å². The van der Waals surface area contributed by atoms with Gasteiger partial charge >= 0.3 is 5.97 Å². The SMILES string of the molecule is O=C(O)c1csc(CN(Cc2ccc(F)cc2)Cc2ccc(OCc3ccccc3)cc2)n1. The van der Waals surface area contributed by atoms with Crippen LogP contribution in [0.15, 0.2) is 84.2 Å². The maximum Gasteiger partial charge on any atom is 0.355 e. The number of aromatic nitrogens is 1. The topological polar surface area (TPSA) is 62.7 Å². The third kappa shape index (κ3) is 6.71. The van der Waals surface area contributed by atoms with Gasteiger partial charge in [-0.2, -0.15) is 0 Å². The summed E-state index contributed by atoms with van der Waals surface area (Å²) >= 11 is 1.32. The molecule has 0 bridgehead atoms. The van der Waals surface area contributed by atoms with Gasteiger partial charge in [-0.25, -0.2) is 14.2 Å². The molecule has 1 N–H and O–H groups in total. The molecule has 0 saturated carbocycles. The molecule has 33 heavy (non-hydrogen) atoms. The lowest BCUT2D eigenvalue weighted by molar-refractivity contribution is 0.0691. The molecule has 0 unspecified atom stereocenters. The molecule has 0 radical (unpaired) electrons. The quantitative estimate of drug-likeness (QED) is 0.325. The van der Waals surface area contributed by atoms with E-state index in [1.165, 1.54) is 23.5 Å². The second kappa shape index (κ2) is 10.8. The molecular weight excluding hydrogens is 439 g/mol. The Kier molecular flexibility index (Phi) is 7.44. The summed E-state index contributed by atoms with van der Waals surface area (Å²) in [6.45, 7) is 2.20. The monoisotopic (exact) mass is 462 g/mol. The third-order valence-corrected chi connectivity index (χ3v) is 5.86. The van der Waals surface area contributed by atoms with E-state index in [4.69, 9.17) is 9.84 Å². The van der Waals surface area contributed by atoms with E-state index >= 15 is 0 Å². The summed E-state index contributed by atoms with van der Waals surface area (Å²) < 4.78 is 19.2. The smallest absolute Gasteiger partial charge is 0.355 e. The van der Waals surface area contributed by atoms with Crippen molar-refractivity contribution in [3.63, 3.8) is 0 Å². The van der Waals surface area contributed by atoms with E-state index in [1.807, 2.05) is 54.6 Å². The third-order valence-electron chi connectivity index (χ3n) is 5.03. The van der Waals surface area contributed by atoms with Crippen LogP contribution >= 0.6 is 11.3 Å². The number of carboxylic acids is 1. The minimum Gasteiger partial charge on any atom is -0.489 e. The van der Waals surface area contributed by atoms with Crippen molar-refractivity contribution in [2.24, 2.45) is 0 Å². The number of nitrogens with zero attached hydrogens (tertiary/aromatic N) is 2. The summed E-state index contributed by atoms with van der Waals surface area (Å²) in [6.07, 6.45) is 0. The Balaban J connectivity index is 1.43. The van der Waals surface area contributed by atoms with Gasteiger partial charge in [0.1, 0.15) is 23.2 Å². The van der Waals surface area contributed by atoms with Crippen LogP contribution in [0.4, 0.5) is 4.39 Å². The first-order valence-electron chi connectivity index (χ1n) is 10.5. The summed E-state index contributed by atoms with van der Waals surface area (Å²) in [5.41, 5.74) is 3.21. The van der Waals surface area contributed by atoms with Gasteiger partial charge in [0.15, 0.2) is 5.69 Å². The van der Waals surface area contributed by atoms with Crippen molar-refractivity contribution in [1.82, 2.24) is 9.88 Å². The number of carbonyl (C=O) groups is 1. The summed E-state index contributed by atoms with van der Waals surface area (Å²) in [7, 11) is 0. The Bertz CT molecular complexity index is 1180. The number of rotatable bonds is 10. The van der Waals surface area contributed by atoms with Gasteiger partial charge in [-0.3, -0.25) is 4.90 Å². The van der Waals surface area contributed by atoms with Crippen molar-refractivity contribution in [1.29, 1.82) is 0 Å². The summed E-state index contributed by atoms with van der Waals surface area (Å²) in [5, 5.41) is 11.4. The molecule has 0 spiro atoms. The molecule has 0 aliphatic rings. The maximum absolute atomic E-state index is 13.3. The molecule has 1 heterocycles.